The van der Waals surface area contributed by atoms with Crippen LogP contribution in [0.1, 0.15) is 46.0 Å². The maximum absolute atomic E-state index is 12.8. The van der Waals surface area contributed by atoms with Gasteiger partial charge in [-0.15, -0.1) is 0 Å². The van der Waals surface area contributed by atoms with Crippen LogP contribution in [0.4, 0.5) is 0 Å². The monoisotopic (exact) mass is 398 g/mol. The highest BCUT2D eigenvalue weighted by atomic mass is 16.5. The highest BCUT2D eigenvalue weighted by molar-refractivity contribution is 6.00. The van der Waals surface area contributed by atoms with E-state index in [1.807, 2.05) is 6.07 Å². The molecule has 29 heavy (non-hydrogen) atoms. The maximum atomic E-state index is 12.8. The number of nitrogens with zero attached hydrogens (tertiary/aromatic N) is 1. The third kappa shape index (κ3) is 5.12. The summed E-state index contributed by atoms with van der Waals surface area (Å²) in [5, 5.41) is 11.4. The van der Waals surface area contributed by atoms with E-state index >= 15 is 0 Å². The fourth-order valence-electron chi connectivity index (χ4n) is 3.34. The number of hydrogen-bond donors (Lipinski definition) is 2. The van der Waals surface area contributed by atoms with Crippen molar-refractivity contribution in [2.24, 2.45) is 11.8 Å². The van der Waals surface area contributed by atoms with Gasteiger partial charge < -0.3 is 19.7 Å². The summed E-state index contributed by atoms with van der Waals surface area (Å²) >= 11 is 0. The first-order chi connectivity index (χ1) is 13.9. The van der Waals surface area contributed by atoms with Crippen molar-refractivity contribution in [1.29, 1.82) is 0 Å². The first kappa shape index (κ1) is 20.8. The Bertz CT molecular complexity index is 966. The average Bonchev–Trinajstić information content (AvgIpc) is 3.41. The van der Waals surface area contributed by atoms with Crippen LogP contribution in [0.5, 0.6) is 5.75 Å². The van der Waals surface area contributed by atoms with E-state index in [1.54, 1.807) is 18.2 Å². The van der Waals surface area contributed by atoms with Crippen LogP contribution >= 0.6 is 0 Å². The number of ether oxygens (including phenoxy) is 1. The fraction of sp³-hybridized carbons (Fsp3) is 0.409. The Kier molecular flexibility index (Phi) is 6.49. The van der Waals surface area contributed by atoms with E-state index in [0.717, 1.165) is 12.0 Å². The Hall–Kier alpha value is -2.93. The van der Waals surface area contributed by atoms with Crippen LogP contribution in [0.15, 0.2) is 41.3 Å². The summed E-state index contributed by atoms with van der Waals surface area (Å²) in [5.41, 5.74) is 0.651. The molecule has 2 N–H and O–H groups in total. The molecule has 1 fully saturated rings. The van der Waals surface area contributed by atoms with E-state index in [9.17, 15) is 14.4 Å². The molecule has 0 spiro atoms. The van der Waals surface area contributed by atoms with E-state index in [0.29, 0.717) is 29.6 Å². The minimum Gasteiger partial charge on any atom is -0.491 e. The van der Waals surface area contributed by atoms with Crippen molar-refractivity contribution in [2.75, 3.05) is 20.3 Å². The van der Waals surface area contributed by atoms with Crippen molar-refractivity contribution < 1.29 is 19.4 Å². The number of carbonyl (C=O) groups excluding carboxylic acids is 2. The van der Waals surface area contributed by atoms with Gasteiger partial charge >= 0.3 is 0 Å². The number of aliphatic hydroxyl groups excluding tert-OH is 1. The lowest BCUT2D eigenvalue weighted by molar-refractivity contribution is 0.0961. The van der Waals surface area contributed by atoms with Gasteiger partial charge in [-0.05, 0) is 42.0 Å². The van der Waals surface area contributed by atoms with Crippen LogP contribution in [0.3, 0.4) is 0 Å². The molecule has 154 valence electrons. The number of hydrogen-bond acceptors (Lipinski definition) is 5. The molecule has 0 aliphatic heterocycles. The largest absolute Gasteiger partial charge is 0.491 e. The van der Waals surface area contributed by atoms with Gasteiger partial charge in [0.15, 0.2) is 5.78 Å². The van der Waals surface area contributed by atoms with Crippen LogP contribution in [0, 0.1) is 11.8 Å². The number of aliphatic hydroxyl groups is 1. The lowest BCUT2D eigenvalue weighted by Gasteiger charge is -2.12. The molecule has 2 aromatic rings. The molecule has 7 heteroatoms. The summed E-state index contributed by atoms with van der Waals surface area (Å²) in [4.78, 5) is 37.7. The van der Waals surface area contributed by atoms with Crippen LogP contribution in [0.2, 0.25) is 0 Å². The molecule has 3 rings (SSSR count). The second-order valence-electron chi connectivity index (χ2n) is 7.47. The topological polar surface area (TPSA) is 97.6 Å². The molecule has 0 radical (unpaired) electrons. The van der Waals surface area contributed by atoms with Crippen molar-refractivity contribution in [3.63, 3.8) is 0 Å². The number of nitrogens with one attached hydrogen (secondary N) is 1. The van der Waals surface area contributed by atoms with E-state index in [-0.39, 0.29) is 31.1 Å². The van der Waals surface area contributed by atoms with Crippen LogP contribution in [-0.2, 0) is 6.54 Å². The predicted molar refractivity (Wildman–Crippen MR) is 108 cm³/mol. The van der Waals surface area contributed by atoms with Crippen molar-refractivity contribution >= 4 is 11.7 Å². The van der Waals surface area contributed by atoms with Gasteiger partial charge in [-0.2, -0.15) is 0 Å². The van der Waals surface area contributed by atoms with Crippen LogP contribution in [0.25, 0.3) is 0 Å². The standard InChI is InChI=1S/C22H26N2O5/c1-14-8-16(14)11-20(26)17-10-19(21(27)23-2)22(28)24(13-17)12-15-4-3-5-18(9-15)29-7-6-25/h3-5,9-10,13-14,16,25H,6-8,11-12H2,1-2H3,(H,23,27)/t14-,16+/m0/s1. The van der Waals surface area contributed by atoms with Crippen molar-refractivity contribution in [3.8, 4) is 5.75 Å². The van der Waals surface area contributed by atoms with Gasteiger partial charge in [-0.1, -0.05) is 19.1 Å². The molecule has 7 nitrogen and oxygen atoms in total. The number of Topliss-reactive ketones (excluding diaryl/α,β-unsaturated/α-hetero) is 1. The molecule has 1 aliphatic rings. The maximum Gasteiger partial charge on any atom is 0.263 e. The second kappa shape index (κ2) is 9.05. The fourth-order valence-corrected chi connectivity index (χ4v) is 3.34. The Labute approximate surface area is 169 Å². The third-order valence-corrected chi connectivity index (χ3v) is 5.21. The first-order valence-electron chi connectivity index (χ1n) is 9.75. The number of ketones is 1. The normalized spacial score (nSPS) is 17.6. The van der Waals surface area contributed by atoms with Gasteiger partial charge in [0.2, 0.25) is 0 Å². The van der Waals surface area contributed by atoms with Gasteiger partial charge in [-0.3, -0.25) is 14.4 Å². The zero-order valence-corrected chi connectivity index (χ0v) is 16.7. The Morgan fingerprint density at radius 3 is 2.72 bits per heavy atom. The summed E-state index contributed by atoms with van der Waals surface area (Å²) in [7, 11) is 1.45. The van der Waals surface area contributed by atoms with Crippen molar-refractivity contribution in [2.45, 2.75) is 26.3 Å². The van der Waals surface area contributed by atoms with Gasteiger partial charge in [0.25, 0.3) is 11.5 Å². The molecule has 2 atom stereocenters. The van der Waals surface area contributed by atoms with E-state index in [1.165, 1.54) is 23.9 Å². The first-order valence-corrected chi connectivity index (χ1v) is 9.75. The van der Waals surface area contributed by atoms with E-state index in [2.05, 4.69) is 12.2 Å². The minimum atomic E-state index is -0.516. The Balaban J connectivity index is 1.92. The predicted octanol–water partition coefficient (Wildman–Crippen LogP) is 1.86. The molecule has 1 aromatic heterocycles. The molecular formula is C22H26N2O5. The number of amides is 1. The van der Waals surface area contributed by atoms with Crippen molar-refractivity contribution in [1.82, 2.24) is 9.88 Å². The number of aromatic nitrogens is 1. The second-order valence-corrected chi connectivity index (χ2v) is 7.47. The van der Waals surface area contributed by atoms with E-state index < -0.39 is 11.5 Å². The Morgan fingerprint density at radius 1 is 1.31 bits per heavy atom. The lowest BCUT2D eigenvalue weighted by Crippen LogP contribution is -2.32. The molecule has 1 aromatic carbocycles. The third-order valence-electron chi connectivity index (χ3n) is 5.21. The highest BCUT2D eigenvalue weighted by Crippen LogP contribution is 2.41. The molecule has 0 unspecified atom stereocenters. The van der Waals surface area contributed by atoms with E-state index in [4.69, 9.17) is 9.84 Å². The Morgan fingerprint density at radius 2 is 2.07 bits per heavy atom. The zero-order valence-electron chi connectivity index (χ0n) is 16.7. The van der Waals surface area contributed by atoms with Crippen LogP contribution in [-0.4, -0.2) is 41.6 Å². The molecule has 1 aliphatic carbocycles. The highest BCUT2D eigenvalue weighted by Gasteiger charge is 2.34. The van der Waals surface area contributed by atoms with Crippen molar-refractivity contribution in [3.05, 3.63) is 63.6 Å². The molecule has 0 saturated heterocycles. The summed E-state index contributed by atoms with van der Waals surface area (Å²) in [6.07, 6.45) is 3.00. The van der Waals surface area contributed by atoms with Gasteiger partial charge in [-0.25, -0.2) is 0 Å². The number of rotatable bonds is 9. The van der Waals surface area contributed by atoms with Gasteiger partial charge in [0.05, 0.1) is 13.2 Å². The molecule has 1 amide bonds. The molecular weight excluding hydrogens is 372 g/mol. The number of carbonyl (C=O) groups is 2. The quantitative estimate of drug-likeness (QED) is 0.629. The van der Waals surface area contributed by atoms with Gasteiger partial charge in [0.1, 0.15) is 17.9 Å². The lowest BCUT2D eigenvalue weighted by atomic mass is 10.0. The SMILES string of the molecule is CNC(=O)c1cc(C(=O)C[C@H]2C[C@@H]2C)cn(Cc2cccc(OCCO)c2)c1=O. The number of benzene rings is 1. The number of pyridine rings is 1. The van der Waals surface area contributed by atoms with Crippen LogP contribution < -0.4 is 15.6 Å². The summed E-state index contributed by atoms with van der Waals surface area (Å²) in [5.74, 6) is 0.930. The minimum absolute atomic E-state index is 0.0464. The molecule has 1 heterocycles. The summed E-state index contributed by atoms with van der Waals surface area (Å²) < 4.78 is 6.80. The molecule has 0 bridgehead atoms. The smallest absolute Gasteiger partial charge is 0.263 e. The average molecular weight is 398 g/mol. The summed E-state index contributed by atoms with van der Waals surface area (Å²) in [6.45, 7) is 2.39. The zero-order chi connectivity index (χ0) is 21.0. The molecule has 1 saturated carbocycles. The summed E-state index contributed by atoms with van der Waals surface area (Å²) in [6, 6.07) is 8.54. The van der Waals surface area contributed by atoms with Gasteiger partial charge in [0, 0.05) is 25.2 Å².